The van der Waals surface area contributed by atoms with Crippen LogP contribution in [0.25, 0.3) is 11.1 Å². The number of aliphatic imine (C=N–C) groups is 2. The van der Waals surface area contributed by atoms with Crippen LogP contribution < -0.4 is 34.5 Å². The number of unbranched alkanes of at least 4 members (excludes halogenated alkanes) is 2. The summed E-state index contributed by atoms with van der Waals surface area (Å²) < 4.78 is 23.8. The molecule has 6 aliphatic rings. The highest BCUT2D eigenvalue weighted by atomic mass is 16.5. The highest BCUT2D eigenvalue weighted by Gasteiger charge is 2.39. The summed E-state index contributed by atoms with van der Waals surface area (Å²) in [6, 6.07) is 21.4. The van der Waals surface area contributed by atoms with Crippen molar-refractivity contribution >= 4 is 87.3 Å². The number of carbonyl (C=O) groups is 7. The van der Waals surface area contributed by atoms with E-state index < -0.39 is 17.9 Å². The maximum absolute atomic E-state index is 14.2. The standard InChI is InChI=1S/C67H78N8O11.CH4/c1-40(2)63(71-62(78)13-10-8-9-12-51-56(76)28-41(3)64(51)79)57(77)29-42(4)65(80)70-47-18-14-43(15-19-47)45-30-49-36-68-54-34-60(58(83-6)32-52(54)66(81)74(49)38-45)85-26-11-27-86-61-35-55-53(33-59(61)84-7)67(82)75-39-46(31-50(75)37-69-55)44-16-20-48(21-17-44)73-24-22-72(5)23-25-73;/h14-21,32-42,49-51,63H,8-13,22-31H2,1-7H3,(H,70,80)(H,71,78);1H4/t41?,42-,49+,50+,51?,63?;/m1./s1. The van der Waals surface area contributed by atoms with Gasteiger partial charge in [-0.25, -0.2) is 0 Å². The second-order valence-corrected chi connectivity index (χ2v) is 23.8. The number of nitrogens with one attached hydrogen (secondary N) is 2. The first-order chi connectivity index (χ1) is 41.5. The van der Waals surface area contributed by atoms with E-state index >= 15 is 0 Å². The van der Waals surface area contributed by atoms with Crippen molar-refractivity contribution in [2.45, 2.75) is 117 Å². The van der Waals surface area contributed by atoms with Crippen LogP contribution in [0.15, 0.2) is 95.2 Å². The highest BCUT2D eigenvalue weighted by molar-refractivity contribution is 6.10. The molecule has 19 nitrogen and oxygen atoms in total. The molecule has 1 saturated carbocycles. The number of anilines is 2. The fourth-order valence-corrected chi connectivity index (χ4v) is 12.1. The second-order valence-electron chi connectivity index (χ2n) is 23.8. The Morgan fingerprint density at radius 1 is 0.667 bits per heavy atom. The van der Waals surface area contributed by atoms with Gasteiger partial charge in [0.1, 0.15) is 11.6 Å². The molecule has 0 radical (unpaired) electrons. The molecule has 4 aromatic rings. The van der Waals surface area contributed by atoms with Crippen molar-refractivity contribution < 1.29 is 52.5 Å². The van der Waals surface area contributed by atoms with Crippen molar-refractivity contribution in [3.8, 4) is 23.0 Å². The predicted molar refractivity (Wildman–Crippen MR) is 337 cm³/mol. The topological polar surface area (TPSA) is 218 Å². The highest BCUT2D eigenvalue weighted by Crippen LogP contribution is 2.42. The minimum Gasteiger partial charge on any atom is -0.493 e. The molecule has 460 valence electrons. The Balaban J connectivity index is 0.00000902. The summed E-state index contributed by atoms with van der Waals surface area (Å²) in [5.74, 6) is -1.09. The first-order valence-corrected chi connectivity index (χ1v) is 30.1. The molecule has 10 rings (SSSR count). The lowest BCUT2D eigenvalue weighted by molar-refractivity contribution is -0.131. The number of hydrogen-bond donors (Lipinski definition) is 2. The number of fused-ring (bicyclic) bond motifs is 4. The van der Waals surface area contributed by atoms with Crippen LogP contribution in [-0.2, 0) is 24.0 Å². The van der Waals surface area contributed by atoms with E-state index in [2.05, 4.69) is 51.7 Å². The number of ether oxygens (including phenoxy) is 4. The number of hydrogen-bond acceptors (Lipinski definition) is 15. The Kier molecular flexibility index (Phi) is 20.2. The normalized spacial score (nSPS) is 20.3. The van der Waals surface area contributed by atoms with Crippen LogP contribution in [0, 0.1) is 23.7 Å². The van der Waals surface area contributed by atoms with E-state index in [9.17, 15) is 33.6 Å². The average Bonchev–Trinajstić information content (AvgIpc) is 1.93. The van der Waals surface area contributed by atoms with E-state index in [0.717, 1.165) is 48.5 Å². The second kappa shape index (κ2) is 27.9. The van der Waals surface area contributed by atoms with Gasteiger partial charge in [0.05, 0.1) is 74.0 Å². The van der Waals surface area contributed by atoms with Crippen LogP contribution in [-0.4, -0.2) is 147 Å². The van der Waals surface area contributed by atoms with Crippen LogP contribution in [0.2, 0.25) is 0 Å². The molecule has 0 bridgehead atoms. The van der Waals surface area contributed by atoms with Crippen LogP contribution >= 0.6 is 0 Å². The van der Waals surface area contributed by atoms with Gasteiger partial charge in [0.15, 0.2) is 28.8 Å². The lowest BCUT2D eigenvalue weighted by Crippen LogP contribution is -2.45. The van der Waals surface area contributed by atoms with Crippen LogP contribution in [0.3, 0.4) is 0 Å². The van der Waals surface area contributed by atoms with E-state index in [1.54, 1.807) is 73.4 Å². The number of likely N-dealkylation sites (N-methyl/N-ethyl adjacent to an activating group) is 1. The number of piperazine rings is 1. The third kappa shape index (κ3) is 14.4. The number of benzene rings is 4. The van der Waals surface area contributed by atoms with Crippen LogP contribution in [0.4, 0.5) is 22.7 Å². The molecule has 2 fully saturated rings. The predicted octanol–water partition coefficient (Wildman–Crippen LogP) is 10.3. The average molecular weight is 1190 g/mol. The summed E-state index contributed by atoms with van der Waals surface area (Å²) in [6.45, 7) is 11.8. The zero-order chi connectivity index (χ0) is 60.8. The molecule has 5 heterocycles. The number of Topliss-reactive ketones (excluding diaryl/α,β-unsaturated/α-hetero) is 3. The van der Waals surface area contributed by atoms with Gasteiger partial charge in [0, 0.05) is 125 Å². The fraction of sp³-hybridized carbons (Fsp3) is 0.456. The van der Waals surface area contributed by atoms with Gasteiger partial charge >= 0.3 is 0 Å². The quantitative estimate of drug-likeness (QED) is 0.0493. The third-order valence-electron chi connectivity index (χ3n) is 17.3. The Bertz CT molecular complexity index is 3380. The number of nitrogens with zero attached hydrogens (tertiary/aromatic N) is 6. The lowest BCUT2D eigenvalue weighted by Gasteiger charge is -2.34. The van der Waals surface area contributed by atoms with Gasteiger partial charge < -0.3 is 49.2 Å². The summed E-state index contributed by atoms with van der Waals surface area (Å²) >= 11 is 0. The van der Waals surface area contributed by atoms with Gasteiger partial charge in [-0.05, 0) is 84.5 Å². The molecule has 1 aliphatic carbocycles. The maximum Gasteiger partial charge on any atom is 0.260 e. The van der Waals surface area contributed by atoms with Crippen molar-refractivity contribution in [3.63, 3.8) is 0 Å². The zero-order valence-electron chi connectivity index (χ0n) is 50.3. The Labute approximate surface area is 510 Å². The zero-order valence-corrected chi connectivity index (χ0v) is 50.3. The summed E-state index contributed by atoms with van der Waals surface area (Å²) in [4.78, 5) is 110. The summed E-state index contributed by atoms with van der Waals surface area (Å²) in [7, 11) is 5.21. The summed E-state index contributed by atoms with van der Waals surface area (Å²) in [6.07, 6.45) is 11.9. The SMILES string of the molecule is C.COc1cc2c(cc1OCCCOc1cc3c(cc1OC)C(=O)N1C=C(c4ccc(N5CCN(C)CC5)cc4)C[C@H]1C=N3)N=C[C@@H]1CC(c3ccc(NC(=O)[C@H](C)CC(=O)C(NC(=O)CCCCCC4C(=O)CC(C)C4=O)C(C)C)cc3)=CN1C2=O. The molecule has 87 heavy (non-hydrogen) atoms. The molecule has 0 spiro atoms. The van der Waals surface area contributed by atoms with Crippen molar-refractivity contribution in [2.24, 2.45) is 33.7 Å². The van der Waals surface area contributed by atoms with E-state index in [4.69, 9.17) is 28.9 Å². The molecule has 1 saturated heterocycles. The molecule has 6 atom stereocenters. The van der Waals surface area contributed by atoms with E-state index in [1.165, 1.54) is 12.8 Å². The first kappa shape index (κ1) is 63.1. The number of carbonyl (C=O) groups excluding carboxylic acids is 7. The number of ketones is 3. The monoisotopic (exact) mass is 1190 g/mol. The Morgan fingerprint density at radius 3 is 1.71 bits per heavy atom. The van der Waals surface area contributed by atoms with Crippen molar-refractivity contribution in [2.75, 3.05) is 70.9 Å². The van der Waals surface area contributed by atoms with Crippen LogP contribution in [0.5, 0.6) is 23.0 Å². The number of rotatable bonds is 24. The van der Waals surface area contributed by atoms with Gasteiger partial charge in [-0.3, -0.25) is 43.5 Å². The van der Waals surface area contributed by atoms with Crippen molar-refractivity contribution in [1.82, 2.24) is 20.0 Å². The molecular weight excluding hydrogens is 1100 g/mol. The van der Waals surface area contributed by atoms with Crippen molar-refractivity contribution in [1.29, 1.82) is 0 Å². The Hall–Kier alpha value is -8.45. The van der Waals surface area contributed by atoms with Gasteiger partial charge in [-0.2, -0.15) is 0 Å². The number of methoxy groups -OCH3 is 2. The van der Waals surface area contributed by atoms with Gasteiger partial charge in [-0.15, -0.1) is 0 Å². The largest absolute Gasteiger partial charge is 0.493 e. The maximum atomic E-state index is 14.2. The molecule has 3 unspecified atom stereocenters. The molecule has 2 N–H and O–H groups in total. The smallest absolute Gasteiger partial charge is 0.260 e. The molecule has 4 aromatic carbocycles. The first-order valence-electron chi connectivity index (χ1n) is 30.1. The van der Waals surface area contributed by atoms with E-state index in [1.807, 2.05) is 44.6 Å². The van der Waals surface area contributed by atoms with Gasteiger partial charge in [0.25, 0.3) is 11.8 Å². The molecular formula is C68H82N8O11. The van der Waals surface area contributed by atoms with Gasteiger partial charge in [-0.1, -0.05) is 72.2 Å². The molecule has 5 aliphatic heterocycles. The minimum absolute atomic E-state index is 0. The van der Waals surface area contributed by atoms with Crippen molar-refractivity contribution in [3.05, 3.63) is 107 Å². The Morgan fingerprint density at radius 2 is 1.21 bits per heavy atom. The molecule has 0 aromatic heterocycles. The van der Waals surface area contributed by atoms with E-state index in [0.29, 0.717) is 103 Å². The molecule has 4 amide bonds. The lowest BCUT2D eigenvalue weighted by atomic mass is 9.92. The number of amides is 4. The third-order valence-corrected chi connectivity index (χ3v) is 17.3. The van der Waals surface area contributed by atoms with E-state index in [-0.39, 0.29) is 98.4 Å². The minimum atomic E-state index is -0.746. The molecule has 19 heteroatoms. The van der Waals surface area contributed by atoms with Gasteiger partial charge in [0.2, 0.25) is 11.8 Å². The van der Waals surface area contributed by atoms with Crippen LogP contribution in [0.1, 0.15) is 131 Å². The summed E-state index contributed by atoms with van der Waals surface area (Å²) in [5.41, 5.74) is 7.44. The summed E-state index contributed by atoms with van der Waals surface area (Å²) in [5, 5.41) is 5.79. The fourth-order valence-electron chi connectivity index (χ4n) is 12.1.